The zero-order valence-corrected chi connectivity index (χ0v) is 11.2. The molecule has 19 heavy (non-hydrogen) atoms. The second-order valence-corrected chi connectivity index (χ2v) is 4.51. The molecule has 1 N–H and O–H groups in total. The molecule has 1 atom stereocenters. The molecule has 7 nitrogen and oxygen atoms in total. The maximum absolute atomic E-state index is 11.9. The van der Waals surface area contributed by atoms with Gasteiger partial charge >= 0.3 is 0 Å². The van der Waals surface area contributed by atoms with Crippen molar-refractivity contribution in [2.45, 2.75) is 26.9 Å². The number of nitrogens with one attached hydrogen (secondary N) is 1. The van der Waals surface area contributed by atoms with Crippen LogP contribution in [-0.4, -0.2) is 37.0 Å². The summed E-state index contributed by atoms with van der Waals surface area (Å²) in [6.07, 6.45) is 4.83. The van der Waals surface area contributed by atoms with Crippen LogP contribution in [0, 0.1) is 12.8 Å². The zero-order chi connectivity index (χ0) is 13.7. The Kier molecular flexibility index (Phi) is 4.27. The Balaban J connectivity index is 1.73. The number of amides is 1. The van der Waals surface area contributed by atoms with E-state index in [0.29, 0.717) is 19.6 Å². The lowest BCUT2D eigenvalue weighted by Crippen LogP contribution is -2.34. The van der Waals surface area contributed by atoms with E-state index in [1.807, 2.05) is 24.6 Å². The summed E-state index contributed by atoms with van der Waals surface area (Å²) in [5.74, 6) is -0.124. The first-order valence-electron chi connectivity index (χ1n) is 6.25. The lowest BCUT2D eigenvalue weighted by Gasteiger charge is -2.12. The molecule has 0 bridgehead atoms. The maximum Gasteiger partial charge on any atom is 0.224 e. The van der Waals surface area contributed by atoms with Crippen LogP contribution in [0.15, 0.2) is 24.9 Å². The highest BCUT2D eigenvalue weighted by atomic mass is 16.1. The largest absolute Gasteiger partial charge is 0.354 e. The van der Waals surface area contributed by atoms with E-state index in [1.165, 1.54) is 6.33 Å². The quantitative estimate of drug-likeness (QED) is 0.808. The van der Waals surface area contributed by atoms with Gasteiger partial charge in [0.1, 0.15) is 12.7 Å². The second-order valence-electron chi connectivity index (χ2n) is 4.51. The summed E-state index contributed by atoms with van der Waals surface area (Å²) in [6, 6.07) is 1.94. The van der Waals surface area contributed by atoms with Crippen LogP contribution in [-0.2, 0) is 17.9 Å². The third-order valence-electron chi connectivity index (χ3n) is 2.93. The van der Waals surface area contributed by atoms with E-state index >= 15 is 0 Å². The third kappa shape index (κ3) is 3.64. The van der Waals surface area contributed by atoms with Crippen molar-refractivity contribution >= 4 is 5.91 Å². The van der Waals surface area contributed by atoms with Gasteiger partial charge in [-0.25, -0.2) is 4.98 Å². The van der Waals surface area contributed by atoms with Gasteiger partial charge in [-0.3, -0.25) is 14.2 Å². The molecule has 0 saturated carbocycles. The van der Waals surface area contributed by atoms with Crippen molar-refractivity contribution in [3.05, 3.63) is 30.6 Å². The van der Waals surface area contributed by atoms with Gasteiger partial charge < -0.3 is 5.32 Å². The molecule has 0 fully saturated rings. The van der Waals surface area contributed by atoms with Crippen molar-refractivity contribution < 1.29 is 4.79 Å². The fourth-order valence-electron chi connectivity index (χ4n) is 1.78. The van der Waals surface area contributed by atoms with E-state index in [2.05, 4.69) is 20.5 Å². The van der Waals surface area contributed by atoms with E-state index in [-0.39, 0.29) is 11.8 Å². The molecule has 0 spiro atoms. The molecule has 1 unspecified atom stereocenters. The average Bonchev–Trinajstić information content (AvgIpc) is 3.02. The number of nitrogens with zero attached hydrogens (tertiary/aromatic N) is 5. The second kappa shape index (κ2) is 6.12. The minimum absolute atomic E-state index is 0.0142. The maximum atomic E-state index is 11.9. The summed E-state index contributed by atoms with van der Waals surface area (Å²) in [5, 5.41) is 11.0. The average molecular weight is 262 g/mol. The number of carbonyl (C=O) groups excluding carboxylic acids is 1. The molecule has 2 rings (SSSR count). The molecule has 0 aromatic carbocycles. The summed E-state index contributed by atoms with van der Waals surface area (Å²) < 4.78 is 3.52. The lowest BCUT2D eigenvalue weighted by molar-refractivity contribution is -0.125. The normalized spacial score (nSPS) is 12.3. The predicted molar refractivity (Wildman–Crippen MR) is 69.2 cm³/mol. The number of hydrogen-bond donors (Lipinski definition) is 1. The van der Waals surface area contributed by atoms with Crippen LogP contribution < -0.4 is 5.32 Å². The number of aryl methyl sites for hydroxylation is 1. The molecular formula is C12H18N6O. The van der Waals surface area contributed by atoms with Crippen LogP contribution in [0.25, 0.3) is 0 Å². The summed E-state index contributed by atoms with van der Waals surface area (Å²) in [4.78, 5) is 15.7. The van der Waals surface area contributed by atoms with Gasteiger partial charge in [0.05, 0.1) is 19.0 Å². The minimum Gasteiger partial charge on any atom is -0.354 e. The van der Waals surface area contributed by atoms with E-state index in [4.69, 9.17) is 0 Å². The Morgan fingerprint density at radius 3 is 2.95 bits per heavy atom. The van der Waals surface area contributed by atoms with Crippen LogP contribution in [0.4, 0.5) is 0 Å². The summed E-state index contributed by atoms with van der Waals surface area (Å²) in [7, 11) is 0. The zero-order valence-electron chi connectivity index (χ0n) is 11.2. The van der Waals surface area contributed by atoms with Gasteiger partial charge in [-0.1, -0.05) is 6.92 Å². The Morgan fingerprint density at radius 2 is 2.32 bits per heavy atom. The fourth-order valence-corrected chi connectivity index (χ4v) is 1.78. The molecule has 0 saturated heterocycles. The standard InChI is InChI=1S/C12H18N6O/c1-10(7-17-9-13-8-16-17)12(19)14-5-6-18-11(2)3-4-15-18/h3-4,8-10H,5-7H2,1-2H3,(H,14,19). The van der Waals surface area contributed by atoms with Crippen LogP contribution >= 0.6 is 0 Å². The summed E-state index contributed by atoms with van der Waals surface area (Å²) in [6.45, 7) is 5.65. The van der Waals surface area contributed by atoms with Crippen LogP contribution in [0.3, 0.4) is 0 Å². The molecule has 2 aromatic heterocycles. The first kappa shape index (κ1) is 13.3. The molecule has 1 amide bonds. The Hall–Kier alpha value is -2.18. The van der Waals surface area contributed by atoms with Crippen molar-refractivity contribution in [3.63, 3.8) is 0 Å². The predicted octanol–water partition coefficient (Wildman–Crippen LogP) is 0.236. The molecule has 0 aliphatic heterocycles. The number of rotatable bonds is 6. The Morgan fingerprint density at radius 1 is 1.47 bits per heavy atom. The van der Waals surface area contributed by atoms with E-state index in [0.717, 1.165) is 5.69 Å². The highest BCUT2D eigenvalue weighted by Crippen LogP contribution is 1.99. The number of carbonyl (C=O) groups is 1. The number of aromatic nitrogens is 5. The summed E-state index contributed by atoms with van der Waals surface area (Å²) >= 11 is 0. The van der Waals surface area contributed by atoms with Gasteiger partial charge in [0, 0.05) is 18.4 Å². The van der Waals surface area contributed by atoms with Crippen LogP contribution in [0.2, 0.25) is 0 Å². The van der Waals surface area contributed by atoms with Crippen LogP contribution in [0.5, 0.6) is 0 Å². The molecule has 0 aliphatic rings. The monoisotopic (exact) mass is 262 g/mol. The third-order valence-corrected chi connectivity index (χ3v) is 2.93. The van der Waals surface area contributed by atoms with Gasteiger partial charge in [-0.2, -0.15) is 10.2 Å². The number of hydrogen-bond acceptors (Lipinski definition) is 4. The van der Waals surface area contributed by atoms with Crippen LogP contribution in [0.1, 0.15) is 12.6 Å². The highest BCUT2D eigenvalue weighted by Gasteiger charge is 2.13. The molecule has 0 aliphatic carbocycles. The van der Waals surface area contributed by atoms with Crippen molar-refractivity contribution in [1.29, 1.82) is 0 Å². The fraction of sp³-hybridized carbons (Fsp3) is 0.500. The van der Waals surface area contributed by atoms with Gasteiger partial charge in [0.2, 0.25) is 5.91 Å². The Labute approximate surface area is 111 Å². The first-order chi connectivity index (χ1) is 9.16. The van der Waals surface area contributed by atoms with Gasteiger partial charge in [0.15, 0.2) is 0 Å². The highest BCUT2D eigenvalue weighted by molar-refractivity contribution is 5.78. The molecular weight excluding hydrogens is 244 g/mol. The van der Waals surface area contributed by atoms with Crippen molar-refractivity contribution in [2.75, 3.05) is 6.54 Å². The Bertz CT molecular complexity index is 518. The van der Waals surface area contributed by atoms with Gasteiger partial charge in [0.25, 0.3) is 0 Å². The van der Waals surface area contributed by atoms with Crippen molar-refractivity contribution in [2.24, 2.45) is 5.92 Å². The van der Waals surface area contributed by atoms with Gasteiger partial charge in [-0.05, 0) is 13.0 Å². The van der Waals surface area contributed by atoms with E-state index < -0.39 is 0 Å². The molecule has 2 aromatic rings. The minimum atomic E-state index is -0.139. The van der Waals surface area contributed by atoms with E-state index in [9.17, 15) is 4.79 Å². The SMILES string of the molecule is Cc1ccnn1CCNC(=O)C(C)Cn1cncn1. The van der Waals surface area contributed by atoms with Crippen molar-refractivity contribution in [1.82, 2.24) is 29.9 Å². The summed E-state index contributed by atoms with van der Waals surface area (Å²) in [5.41, 5.74) is 1.09. The molecule has 7 heteroatoms. The first-order valence-corrected chi connectivity index (χ1v) is 6.25. The lowest BCUT2D eigenvalue weighted by atomic mass is 10.1. The van der Waals surface area contributed by atoms with E-state index in [1.54, 1.807) is 17.2 Å². The molecule has 102 valence electrons. The molecule has 0 radical (unpaired) electrons. The smallest absolute Gasteiger partial charge is 0.224 e. The van der Waals surface area contributed by atoms with Crippen molar-refractivity contribution in [3.8, 4) is 0 Å². The van der Waals surface area contributed by atoms with Gasteiger partial charge in [-0.15, -0.1) is 0 Å². The topological polar surface area (TPSA) is 77.6 Å². The molecule has 2 heterocycles.